The number of hydrogen-bond acceptors (Lipinski definition) is 5. The highest BCUT2D eigenvalue weighted by atomic mass is 16.6. The van der Waals surface area contributed by atoms with Gasteiger partial charge in [-0.05, 0) is 70.1 Å². The molecule has 2 aliphatic heterocycles. The minimum atomic E-state index is -0.381. The van der Waals surface area contributed by atoms with Crippen LogP contribution in [0.4, 0.5) is 16.2 Å². The smallest absolute Gasteiger partial charge is 0.414 e. The minimum absolute atomic E-state index is 0.104. The van der Waals surface area contributed by atoms with Crippen molar-refractivity contribution in [1.82, 2.24) is 9.78 Å². The van der Waals surface area contributed by atoms with Crippen LogP contribution in [0.5, 0.6) is 0 Å². The van der Waals surface area contributed by atoms with Crippen molar-refractivity contribution in [1.29, 1.82) is 0 Å². The van der Waals surface area contributed by atoms with Crippen molar-refractivity contribution in [3.63, 3.8) is 0 Å². The van der Waals surface area contributed by atoms with Crippen molar-refractivity contribution >= 4 is 23.4 Å². The summed E-state index contributed by atoms with van der Waals surface area (Å²) in [6, 6.07) is 5.86. The number of anilines is 2. The highest BCUT2D eigenvalue weighted by molar-refractivity contribution is 6.05. The average Bonchev–Trinajstić information content (AvgIpc) is 3.57. The van der Waals surface area contributed by atoms with E-state index in [4.69, 9.17) is 9.47 Å². The molecule has 1 aliphatic carbocycles. The lowest BCUT2D eigenvalue weighted by atomic mass is 10.0. The van der Waals surface area contributed by atoms with Gasteiger partial charge < -0.3 is 14.4 Å². The molecule has 5 rings (SSSR count). The summed E-state index contributed by atoms with van der Waals surface area (Å²) in [5.74, 6) is 0.838. The molecule has 2 fully saturated rings. The number of carbonyl (C=O) groups is 2. The Morgan fingerprint density at radius 2 is 1.88 bits per heavy atom. The molecule has 1 aromatic carbocycles. The van der Waals surface area contributed by atoms with Gasteiger partial charge in [0, 0.05) is 44.0 Å². The van der Waals surface area contributed by atoms with Crippen LogP contribution in [0, 0.1) is 11.8 Å². The van der Waals surface area contributed by atoms with Crippen molar-refractivity contribution in [3.05, 3.63) is 30.6 Å². The monoisotopic (exact) mass is 466 g/mol. The Hall–Kier alpha value is -2.87. The third-order valence-corrected chi connectivity index (χ3v) is 6.89. The number of carbonyl (C=O) groups excluding carboxylic acids is 2. The van der Waals surface area contributed by atoms with Crippen LogP contribution in [-0.2, 0) is 20.8 Å². The third kappa shape index (κ3) is 4.69. The van der Waals surface area contributed by atoms with Gasteiger partial charge in [-0.3, -0.25) is 14.4 Å². The Labute approximate surface area is 200 Å². The molecule has 8 heteroatoms. The number of nitrogens with zero attached hydrogens (tertiary/aromatic N) is 4. The summed E-state index contributed by atoms with van der Waals surface area (Å²) in [4.78, 5) is 29.6. The Morgan fingerprint density at radius 3 is 2.59 bits per heavy atom. The first-order valence-corrected chi connectivity index (χ1v) is 12.5. The second-order valence-electron chi connectivity index (χ2n) is 10.1. The largest absolute Gasteiger partial charge is 0.446 e. The number of aromatic nitrogens is 2. The third-order valence-electron chi connectivity index (χ3n) is 6.89. The second-order valence-corrected chi connectivity index (χ2v) is 10.1. The van der Waals surface area contributed by atoms with Gasteiger partial charge in [0.05, 0.1) is 29.7 Å². The number of ether oxygens (including phenoxy) is 2. The van der Waals surface area contributed by atoms with Crippen molar-refractivity contribution in [2.24, 2.45) is 11.8 Å². The fraction of sp³-hybridized carbons (Fsp3) is 0.577. The van der Waals surface area contributed by atoms with Crippen molar-refractivity contribution in [2.45, 2.75) is 65.1 Å². The fourth-order valence-electron chi connectivity index (χ4n) is 4.91. The minimum Gasteiger partial charge on any atom is -0.446 e. The molecular formula is C26H34N4O4. The SMILES string of the molecule is CC(C)OC(=O)N1CC(C)N(C(=O)C2CC2)c2ccc(-c3cnn(CC4CCOCC4)c3)cc21. The molecule has 3 aliphatic rings. The van der Waals surface area contributed by atoms with Crippen molar-refractivity contribution in [2.75, 3.05) is 29.6 Å². The summed E-state index contributed by atoms with van der Waals surface area (Å²) >= 11 is 0. The van der Waals surface area contributed by atoms with Crippen LogP contribution >= 0.6 is 0 Å². The van der Waals surface area contributed by atoms with Gasteiger partial charge in [0.15, 0.2) is 0 Å². The maximum Gasteiger partial charge on any atom is 0.414 e. The first-order valence-electron chi connectivity index (χ1n) is 12.5. The van der Waals surface area contributed by atoms with E-state index in [1.54, 1.807) is 4.90 Å². The van der Waals surface area contributed by atoms with E-state index in [-0.39, 0.29) is 30.1 Å². The van der Waals surface area contributed by atoms with E-state index in [1.807, 2.05) is 54.7 Å². The Bertz CT molecular complexity index is 1050. The zero-order valence-electron chi connectivity index (χ0n) is 20.3. The van der Waals surface area contributed by atoms with Gasteiger partial charge in [0.25, 0.3) is 0 Å². The first-order chi connectivity index (χ1) is 16.4. The molecular weight excluding hydrogens is 432 g/mol. The van der Waals surface area contributed by atoms with Crippen LogP contribution in [0.25, 0.3) is 11.1 Å². The van der Waals surface area contributed by atoms with Gasteiger partial charge in [-0.15, -0.1) is 0 Å². The molecule has 0 bridgehead atoms. The first kappa shape index (κ1) is 22.9. The number of fused-ring (bicyclic) bond motifs is 1. The average molecular weight is 467 g/mol. The van der Waals surface area contributed by atoms with Crippen LogP contribution in [0.1, 0.15) is 46.5 Å². The van der Waals surface area contributed by atoms with Gasteiger partial charge in [-0.25, -0.2) is 4.79 Å². The molecule has 1 saturated carbocycles. The standard InChI is InChI=1S/C26H34N4O4/c1-17(2)34-26(32)29-14-18(3)30(25(31)20-4-5-20)23-7-6-21(12-24(23)29)22-13-27-28(16-22)15-19-8-10-33-11-9-19/h6-7,12-13,16-20H,4-5,8-11,14-15H2,1-3H3. The van der Waals surface area contributed by atoms with Crippen LogP contribution in [0.15, 0.2) is 30.6 Å². The number of hydrogen-bond donors (Lipinski definition) is 0. The Kier molecular flexibility index (Phi) is 6.34. The Morgan fingerprint density at radius 1 is 1.12 bits per heavy atom. The molecule has 182 valence electrons. The van der Waals surface area contributed by atoms with Crippen molar-refractivity contribution < 1.29 is 19.1 Å². The predicted molar refractivity (Wildman–Crippen MR) is 130 cm³/mol. The maximum absolute atomic E-state index is 13.1. The number of benzene rings is 1. The van der Waals surface area contributed by atoms with E-state index in [1.165, 1.54) is 0 Å². The van der Waals surface area contributed by atoms with Gasteiger partial charge in [-0.1, -0.05) is 6.07 Å². The summed E-state index contributed by atoms with van der Waals surface area (Å²) in [7, 11) is 0. The number of rotatable bonds is 5. The lowest BCUT2D eigenvalue weighted by Gasteiger charge is -2.41. The quantitative estimate of drug-likeness (QED) is 0.650. The highest BCUT2D eigenvalue weighted by Gasteiger charge is 2.41. The van der Waals surface area contributed by atoms with Gasteiger partial charge in [-0.2, -0.15) is 5.10 Å². The molecule has 0 N–H and O–H groups in total. The molecule has 2 aromatic rings. The normalized spacial score (nSPS) is 21.0. The molecule has 1 saturated heterocycles. The predicted octanol–water partition coefficient (Wildman–Crippen LogP) is 4.47. The van der Waals surface area contributed by atoms with Crippen LogP contribution in [0.3, 0.4) is 0 Å². The lowest BCUT2D eigenvalue weighted by molar-refractivity contribution is -0.120. The van der Waals surface area contributed by atoms with E-state index < -0.39 is 0 Å². The van der Waals surface area contributed by atoms with E-state index in [2.05, 4.69) is 11.3 Å². The molecule has 2 amide bonds. The molecule has 34 heavy (non-hydrogen) atoms. The van der Waals surface area contributed by atoms with E-state index in [0.29, 0.717) is 18.2 Å². The topological polar surface area (TPSA) is 76.9 Å². The summed E-state index contributed by atoms with van der Waals surface area (Å²) in [5, 5.41) is 4.59. The molecule has 0 spiro atoms. The lowest BCUT2D eigenvalue weighted by Crippen LogP contribution is -2.52. The van der Waals surface area contributed by atoms with Gasteiger partial charge >= 0.3 is 6.09 Å². The molecule has 0 radical (unpaired) electrons. The Balaban J connectivity index is 1.45. The number of amides is 2. The van der Waals surface area contributed by atoms with Crippen LogP contribution in [-0.4, -0.2) is 53.7 Å². The molecule has 1 atom stereocenters. The van der Waals surface area contributed by atoms with Crippen LogP contribution in [0.2, 0.25) is 0 Å². The molecule has 1 unspecified atom stereocenters. The second kappa shape index (κ2) is 9.41. The summed E-state index contributed by atoms with van der Waals surface area (Å²) < 4.78 is 13.0. The summed E-state index contributed by atoms with van der Waals surface area (Å²) in [5.41, 5.74) is 3.44. The van der Waals surface area contributed by atoms with E-state index >= 15 is 0 Å². The summed E-state index contributed by atoms with van der Waals surface area (Å²) in [6.45, 7) is 8.61. The fourth-order valence-corrected chi connectivity index (χ4v) is 4.91. The van der Waals surface area contributed by atoms with Crippen molar-refractivity contribution in [3.8, 4) is 11.1 Å². The summed E-state index contributed by atoms with van der Waals surface area (Å²) in [6.07, 6.45) is 7.34. The van der Waals surface area contributed by atoms with Gasteiger partial charge in [0.2, 0.25) is 5.91 Å². The van der Waals surface area contributed by atoms with Gasteiger partial charge in [0.1, 0.15) is 0 Å². The molecule has 1 aromatic heterocycles. The zero-order valence-corrected chi connectivity index (χ0v) is 20.3. The highest BCUT2D eigenvalue weighted by Crippen LogP contribution is 2.42. The maximum atomic E-state index is 13.1. The van der Waals surface area contributed by atoms with E-state index in [0.717, 1.165) is 62.3 Å². The molecule has 3 heterocycles. The van der Waals surface area contributed by atoms with Crippen LogP contribution < -0.4 is 9.80 Å². The van der Waals surface area contributed by atoms with E-state index in [9.17, 15) is 9.59 Å². The molecule has 8 nitrogen and oxygen atoms in total. The zero-order chi connectivity index (χ0) is 23.8.